The zero-order valence-corrected chi connectivity index (χ0v) is 24.8. The maximum absolute atomic E-state index is 13.1. The highest BCUT2D eigenvalue weighted by Crippen LogP contribution is 2.33. The molecule has 0 aliphatic rings. The SMILES string of the molecule is C=CCn1c(SCC(=O)Nc2ccccc2Sc2ccccc2)nnc1-c1cccc(S(=O)(=O)N(CC)CC)c1. The number of thioether (sulfide) groups is 1. The molecule has 4 rings (SSSR count). The van der Waals surface area contributed by atoms with Crippen molar-refractivity contribution >= 4 is 45.1 Å². The van der Waals surface area contributed by atoms with E-state index in [9.17, 15) is 13.2 Å². The van der Waals surface area contributed by atoms with Crippen molar-refractivity contribution in [2.75, 3.05) is 24.2 Å². The average molecular weight is 594 g/mol. The van der Waals surface area contributed by atoms with Gasteiger partial charge in [0.25, 0.3) is 0 Å². The number of hydrogen-bond acceptors (Lipinski definition) is 7. The molecule has 0 saturated heterocycles. The fourth-order valence-corrected chi connectivity index (χ4v) is 7.18. The Morgan fingerprint density at radius 3 is 2.45 bits per heavy atom. The predicted molar refractivity (Wildman–Crippen MR) is 162 cm³/mol. The Kier molecular flexibility index (Phi) is 10.2. The molecule has 8 nitrogen and oxygen atoms in total. The van der Waals surface area contributed by atoms with E-state index in [-0.39, 0.29) is 16.6 Å². The number of amides is 1. The monoisotopic (exact) mass is 593 g/mol. The molecule has 0 radical (unpaired) electrons. The highest BCUT2D eigenvalue weighted by molar-refractivity contribution is 8.00. The van der Waals surface area contributed by atoms with Gasteiger partial charge in [0.1, 0.15) is 0 Å². The lowest BCUT2D eigenvalue weighted by atomic mass is 10.2. The summed E-state index contributed by atoms with van der Waals surface area (Å²) in [6, 6.07) is 24.4. The van der Waals surface area contributed by atoms with E-state index < -0.39 is 10.0 Å². The first-order chi connectivity index (χ1) is 19.4. The molecule has 3 aromatic carbocycles. The molecule has 1 heterocycles. The number of allylic oxidation sites excluding steroid dienone is 1. The Morgan fingerprint density at radius 2 is 1.73 bits per heavy atom. The van der Waals surface area contributed by atoms with Crippen LogP contribution in [0.4, 0.5) is 5.69 Å². The zero-order valence-electron chi connectivity index (χ0n) is 22.4. The lowest BCUT2D eigenvalue weighted by molar-refractivity contribution is -0.113. The van der Waals surface area contributed by atoms with Gasteiger partial charge in [0, 0.05) is 35.0 Å². The van der Waals surface area contributed by atoms with Crippen molar-refractivity contribution in [3.05, 3.63) is 91.5 Å². The predicted octanol–water partition coefficient (Wildman–Crippen LogP) is 6.04. The van der Waals surface area contributed by atoms with Crippen molar-refractivity contribution in [3.63, 3.8) is 0 Å². The van der Waals surface area contributed by atoms with Crippen LogP contribution in [0.5, 0.6) is 0 Å². The number of anilines is 1. The van der Waals surface area contributed by atoms with Crippen LogP contribution in [0.25, 0.3) is 11.4 Å². The van der Waals surface area contributed by atoms with Crippen LogP contribution in [-0.4, -0.2) is 52.2 Å². The van der Waals surface area contributed by atoms with Crippen LogP contribution in [0.15, 0.2) is 111 Å². The highest BCUT2D eigenvalue weighted by atomic mass is 32.2. The second kappa shape index (κ2) is 13.8. The molecule has 0 saturated carbocycles. The summed E-state index contributed by atoms with van der Waals surface area (Å²) in [5, 5.41) is 12.2. The summed E-state index contributed by atoms with van der Waals surface area (Å²) in [7, 11) is -3.63. The summed E-state index contributed by atoms with van der Waals surface area (Å²) >= 11 is 2.84. The molecule has 11 heteroatoms. The Morgan fingerprint density at radius 1 is 1.00 bits per heavy atom. The molecule has 208 valence electrons. The molecular weight excluding hydrogens is 563 g/mol. The van der Waals surface area contributed by atoms with Gasteiger partial charge in [-0.3, -0.25) is 9.36 Å². The van der Waals surface area contributed by atoms with E-state index in [1.54, 1.807) is 42.1 Å². The third kappa shape index (κ3) is 7.03. The van der Waals surface area contributed by atoms with Crippen LogP contribution in [0.2, 0.25) is 0 Å². The molecule has 1 aromatic heterocycles. The first kappa shape index (κ1) is 29.6. The van der Waals surface area contributed by atoms with E-state index in [1.807, 2.05) is 73.0 Å². The van der Waals surface area contributed by atoms with Crippen molar-refractivity contribution in [3.8, 4) is 11.4 Å². The number of hydrogen-bond donors (Lipinski definition) is 1. The van der Waals surface area contributed by atoms with Gasteiger partial charge in [-0.1, -0.05) is 85.9 Å². The number of nitrogens with zero attached hydrogens (tertiary/aromatic N) is 4. The molecule has 0 atom stereocenters. The summed E-state index contributed by atoms with van der Waals surface area (Å²) in [4.78, 5) is 15.1. The summed E-state index contributed by atoms with van der Waals surface area (Å²) in [6.45, 7) is 8.63. The number of nitrogens with one attached hydrogen (secondary N) is 1. The third-order valence-electron chi connectivity index (χ3n) is 5.93. The molecule has 0 bridgehead atoms. The van der Waals surface area contributed by atoms with Crippen molar-refractivity contribution in [2.24, 2.45) is 0 Å². The maximum atomic E-state index is 13.1. The molecule has 4 aromatic rings. The normalized spacial score (nSPS) is 11.5. The molecule has 1 N–H and O–H groups in total. The number of rotatable bonds is 13. The van der Waals surface area contributed by atoms with Gasteiger partial charge in [-0.2, -0.15) is 4.31 Å². The third-order valence-corrected chi connectivity index (χ3v) is 10.0. The molecule has 40 heavy (non-hydrogen) atoms. The van der Waals surface area contributed by atoms with E-state index in [0.717, 1.165) is 15.5 Å². The van der Waals surface area contributed by atoms with E-state index in [4.69, 9.17) is 0 Å². The number of para-hydroxylation sites is 1. The minimum Gasteiger partial charge on any atom is -0.324 e. The number of benzene rings is 3. The number of carbonyl (C=O) groups excluding carboxylic acids is 1. The highest BCUT2D eigenvalue weighted by Gasteiger charge is 2.23. The smallest absolute Gasteiger partial charge is 0.243 e. The molecule has 1 amide bonds. The molecule has 0 fully saturated rings. The molecule has 0 aliphatic heterocycles. The van der Waals surface area contributed by atoms with Crippen LogP contribution in [0.3, 0.4) is 0 Å². The van der Waals surface area contributed by atoms with Crippen LogP contribution < -0.4 is 5.32 Å². The first-order valence-electron chi connectivity index (χ1n) is 12.8. The average Bonchev–Trinajstić information content (AvgIpc) is 3.37. The second-order valence-corrected chi connectivity index (χ2v) is 12.6. The van der Waals surface area contributed by atoms with Crippen molar-refractivity contribution < 1.29 is 13.2 Å². The first-order valence-corrected chi connectivity index (χ1v) is 16.0. The number of aromatic nitrogens is 3. The van der Waals surface area contributed by atoms with Crippen LogP contribution >= 0.6 is 23.5 Å². The fourth-order valence-electron chi connectivity index (χ4n) is 4.00. The minimum atomic E-state index is -3.63. The Balaban J connectivity index is 1.50. The second-order valence-electron chi connectivity index (χ2n) is 8.57. The van der Waals surface area contributed by atoms with Crippen molar-refractivity contribution in [2.45, 2.75) is 40.2 Å². The summed E-state index contributed by atoms with van der Waals surface area (Å²) < 4.78 is 29.4. The zero-order chi connectivity index (χ0) is 28.5. The Labute approximate surface area is 244 Å². The molecular formula is C29H31N5O3S3. The summed E-state index contributed by atoms with van der Waals surface area (Å²) in [5.41, 5.74) is 1.35. The topological polar surface area (TPSA) is 97.2 Å². The lowest BCUT2D eigenvalue weighted by Gasteiger charge is -2.18. The molecule has 0 spiro atoms. The van der Waals surface area contributed by atoms with Crippen LogP contribution in [0, 0.1) is 0 Å². The van der Waals surface area contributed by atoms with Gasteiger partial charge in [0.15, 0.2) is 11.0 Å². The van der Waals surface area contributed by atoms with Gasteiger partial charge in [-0.05, 0) is 36.4 Å². The number of carbonyl (C=O) groups is 1. The number of sulfonamides is 1. The Bertz CT molecular complexity index is 1570. The minimum absolute atomic E-state index is 0.121. The largest absolute Gasteiger partial charge is 0.324 e. The van der Waals surface area contributed by atoms with Gasteiger partial charge in [-0.25, -0.2) is 8.42 Å². The van der Waals surface area contributed by atoms with E-state index in [1.165, 1.54) is 16.1 Å². The van der Waals surface area contributed by atoms with Crippen LogP contribution in [0.1, 0.15) is 13.8 Å². The Hall–Kier alpha value is -3.38. The maximum Gasteiger partial charge on any atom is 0.243 e. The van der Waals surface area contributed by atoms with E-state index >= 15 is 0 Å². The summed E-state index contributed by atoms with van der Waals surface area (Å²) in [5.74, 6) is 0.452. The summed E-state index contributed by atoms with van der Waals surface area (Å²) in [6.07, 6.45) is 1.71. The fraction of sp³-hybridized carbons (Fsp3) is 0.207. The standard InChI is InChI=1S/C29H31N5O3S3/c1-4-19-34-28(22-13-12-16-24(20-22)40(36,37)33(5-2)6-3)31-32-29(34)38-21-27(35)30-25-17-10-11-18-26(25)39-23-14-8-7-9-15-23/h4,7-18,20H,1,5-6,19,21H2,2-3H3,(H,30,35). The van der Waals surface area contributed by atoms with E-state index in [2.05, 4.69) is 22.1 Å². The van der Waals surface area contributed by atoms with Crippen molar-refractivity contribution in [1.82, 2.24) is 19.1 Å². The van der Waals surface area contributed by atoms with Gasteiger partial charge in [0.05, 0.1) is 16.3 Å². The van der Waals surface area contributed by atoms with E-state index in [0.29, 0.717) is 36.2 Å². The molecule has 0 unspecified atom stereocenters. The molecule has 0 aliphatic carbocycles. The quantitative estimate of drug-likeness (QED) is 0.149. The van der Waals surface area contributed by atoms with Crippen molar-refractivity contribution in [1.29, 1.82) is 0 Å². The van der Waals surface area contributed by atoms with Gasteiger partial charge in [0.2, 0.25) is 15.9 Å². The van der Waals surface area contributed by atoms with Gasteiger partial charge in [-0.15, -0.1) is 16.8 Å². The lowest BCUT2D eigenvalue weighted by Crippen LogP contribution is -2.30. The van der Waals surface area contributed by atoms with Gasteiger partial charge < -0.3 is 5.32 Å². The van der Waals surface area contributed by atoms with Gasteiger partial charge >= 0.3 is 0 Å². The van der Waals surface area contributed by atoms with Crippen LogP contribution in [-0.2, 0) is 21.4 Å².